The number of benzene rings is 2. The highest BCUT2D eigenvalue weighted by molar-refractivity contribution is 7.92. The molecule has 0 aliphatic carbocycles. The molecule has 0 unspecified atom stereocenters. The Morgan fingerprint density at radius 2 is 1.85 bits per heavy atom. The number of carbonyl (C=O) groups is 2. The van der Waals surface area contributed by atoms with Crippen LogP contribution < -0.4 is 9.62 Å². The lowest BCUT2D eigenvalue weighted by atomic mass is 10.1. The zero-order valence-corrected chi connectivity index (χ0v) is 14.9. The topological polar surface area (TPSA) is 104 Å². The molecule has 3 rings (SSSR count). The highest BCUT2D eigenvalue weighted by Gasteiger charge is 2.22. The zero-order valence-electron chi connectivity index (χ0n) is 14.1. The van der Waals surface area contributed by atoms with Gasteiger partial charge < -0.3 is 10.0 Å². The van der Waals surface area contributed by atoms with Gasteiger partial charge in [-0.05, 0) is 55.3 Å². The summed E-state index contributed by atoms with van der Waals surface area (Å²) in [6.07, 6.45) is 1.33. The summed E-state index contributed by atoms with van der Waals surface area (Å²) in [7, 11) is -3.92. The number of nitrogens with one attached hydrogen (secondary N) is 1. The van der Waals surface area contributed by atoms with Crippen molar-refractivity contribution in [1.82, 2.24) is 0 Å². The largest absolute Gasteiger partial charge is 0.478 e. The number of amides is 1. The molecule has 26 heavy (non-hydrogen) atoms. The van der Waals surface area contributed by atoms with E-state index in [2.05, 4.69) is 4.72 Å². The molecule has 0 spiro atoms. The summed E-state index contributed by atoms with van der Waals surface area (Å²) < 4.78 is 27.4. The SMILES string of the molecule is Cc1ccc(S(=O)(=O)Nc2ccc(N3CCCC3=O)cc2)cc1C(=O)O. The summed E-state index contributed by atoms with van der Waals surface area (Å²) in [4.78, 5) is 24.5. The predicted molar refractivity (Wildman–Crippen MR) is 97.0 cm³/mol. The standard InChI is InChI=1S/C18H18N2O5S/c1-12-4-9-15(11-16(12)18(22)23)26(24,25)19-13-5-7-14(8-6-13)20-10-2-3-17(20)21/h4-9,11,19H,2-3,10H2,1H3,(H,22,23). The molecule has 1 aliphatic rings. The molecule has 0 bridgehead atoms. The van der Waals surface area contributed by atoms with Gasteiger partial charge >= 0.3 is 5.97 Å². The van der Waals surface area contributed by atoms with Crippen molar-refractivity contribution in [2.45, 2.75) is 24.7 Å². The van der Waals surface area contributed by atoms with E-state index in [1.807, 2.05) is 0 Å². The van der Waals surface area contributed by atoms with Crippen LogP contribution in [0.1, 0.15) is 28.8 Å². The Morgan fingerprint density at radius 1 is 1.15 bits per heavy atom. The van der Waals surface area contributed by atoms with Crippen molar-refractivity contribution in [3.8, 4) is 0 Å². The van der Waals surface area contributed by atoms with Gasteiger partial charge in [0.2, 0.25) is 5.91 Å². The van der Waals surface area contributed by atoms with Crippen molar-refractivity contribution in [2.75, 3.05) is 16.2 Å². The molecule has 8 heteroatoms. The van der Waals surface area contributed by atoms with Gasteiger partial charge in [0, 0.05) is 24.3 Å². The molecular formula is C18H18N2O5S. The van der Waals surface area contributed by atoms with E-state index in [-0.39, 0.29) is 16.4 Å². The Morgan fingerprint density at radius 3 is 2.42 bits per heavy atom. The fourth-order valence-electron chi connectivity index (χ4n) is 2.84. The van der Waals surface area contributed by atoms with Gasteiger partial charge in [-0.25, -0.2) is 13.2 Å². The van der Waals surface area contributed by atoms with Crippen LogP contribution in [0.4, 0.5) is 11.4 Å². The third-order valence-electron chi connectivity index (χ3n) is 4.25. The lowest BCUT2D eigenvalue weighted by molar-refractivity contribution is -0.117. The van der Waals surface area contributed by atoms with Gasteiger partial charge in [-0.1, -0.05) is 6.07 Å². The molecular weight excluding hydrogens is 356 g/mol. The number of nitrogens with zero attached hydrogens (tertiary/aromatic N) is 1. The van der Waals surface area contributed by atoms with Gasteiger partial charge in [-0.3, -0.25) is 9.52 Å². The normalized spacial score (nSPS) is 14.5. The van der Waals surface area contributed by atoms with Crippen LogP contribution >= 0.6 is 0 Å². The van der Waals surface area contributed by atoms with Gasteiger partial charge in [0.15, 0.2) is 0 Å². The number of carbonyl (C=O) groups excluding carboxylic acids is 1. The Hall–Kier alpha value is -2.87. The summed E-state index contributed by atoms with van der Waals surface area (Å²) in [5.41, 5.74) is 1.48. The Bertz CT molecular complexity index is 968. The molecule has 1 saturated heterocycles. The second-order valence-electron chi connectivity index (χ2n) is 6.08. The number of carboxylic acid groups (broad SMARTS) is 1. The molecule has 136 valence electrons. The maximum absolute atomic E-state index is 12.5. The third-order valence-corrected chi connectivity index (χ3v) is 5.63. The number of hydrogen-bond acceptors (Lipinski definition) is 4. The van der Waals surface area contributed by atoms with Crippen LogP contribution in [0.25, 0.3) is 0 Å². The maximum atomic E-state index is 12.5. The second kappa shape index (κ2) is 6.80. The van der Waals surface area contributed by atoms with E-state index in [1.54, 1.807) is 36.1 Å². The van der Waals surface area contributed by atoms with Crippen LogP contribution in [0.5, 0.6) is 0 Å². The predicted octanol–water partition coefficient (Wildman–Crippen LogP) is 2.62. The number of aryl methyl sites for hydroxylation is 1. The fourth-order valence-corrected chi connectivity index (χ4v) is 3.93. The highest BCUT2D eigenvalue weighted by atomic mass is 32.2. The van der Waals surface area contributed by atoms with E-state index in [0.717, 1.165) is 18.2 Å². The number of aromatic carboxylic acids is 1. The molecule has 0 aromatic heterocycles. The summed E-state index contributed by atoms with van der Waals surface area (Å²) in [6.45, 7) is 2.26. The lowest BCUT2D eigenvalue weighted by Gasteiger charge is -2.16. The minimum atomic E-state index is -3.92. The zero-order chi connectivity index (χ0) is 18.9. The fraction of sp³-hybridized carbons (Fsp3) is 0.222. The summed E-state index contributed by atoms with van der Waals surface area (Å²) >= 11 is 0. The van der Waals surface area contributed by atoms with Crippen molar-refractivity contribution in [3.63, 3.8) is 0 Å². The van der Waals surface area contributed by atoms with Gasteiger partial charge in [0.05, 0.1) is 10.5 Å². The van der Waals surface area contributed by atoms with Crippen LogP contribution in [0.15, 0.2) is 47.4 Å². The molecule has 2 N–H and O–H groups in total. The maximum Gasteiger partial charge on any atom is 0.335 e. The molecule has 1 heterocycles. The van der Waals surface area contributed by atoms with Gasteiger partial charge in [0.1, 0.15) is 0 Å². The van der Waals surface area contributed by atoms with E-state index in [1.165, 1.54) is 12.1 Å². The summed E-state index contributed by atoms with van der Waals surface area (Å²) in [5, 5.41) is 9.15. The number of sulfonamides is 1. The van der Waals surface area contributed by atoms with E-state index >= 15 is 0 Å². The van der Waals surface area contributed by atoms with E-state index in [0.29, 0.717) is 24.2 Å². The first-order valence-electron chi connectivity index (χ1n) is 8.05. The minimum Gasteiger partial charge on any atom is -0.478 e. The smallest absolute Gasteiger partial charge is 0.335 e. The Kier molecular flexibility index (Phi) is 4.69. The average Bonchev–Trinajstić information content (AvgIpc) is 3.01. The molecule has 2 aromatic rings. The Balaban J connectivity index is 1.82. The first-order valence-corrected chi connectivity index (χ1v) is 9.53. The molecule has 7 nitrogen and oxygen atoms in total. The molecule has 0 atom stereocenters. The molecule has 1 amide bonds. The van der Waals surface area contributed by atoms with Gasteiger partial charge in [-0.2, -0.15) is 0 Å². The minimum absolute atomic E-state index is 0.0548. The molecule has 0 saturated carbocycles. The molecule has 2 aromatic carbocycles. The van der Waals surface area contributed by atoms with E-state index in [9.17, 15) is 18.0 Å². The van der Waals surface area contributed by atoms with Crippen molar-refractivity contribution in [1.29, 1.82) is 0 Å². The first-order chi connectivity index (χ1) is 12.3. The number of rotatable bonds is 5. The molecule has 0 radical (unpaired) electrons. The van der Waals surface area contributed by atoms with Crippen LogP contribution in [0.2, 0.25) is 0 Å². The van der Waals surface area contributed by atoms with E-state index in [4.69, 9.17) is 5.11 Å². The number of hydrogen-bond donors (Lipinski definition) is 2. The van der Waals surface area contributed by atoms with E-state index < -0.39 is 16.0 Å². The quantitative estimate of drug-likeness (QED) is 0.837. The van der Waals surface area contributed by atoms with Gasteiger partial charge in [-0.15, -0.1) is 0 Å². The van der Waals surface area contributed by atoms with Crippen molar-refractivity contribution in [3.05, 3.63) is 53.6 Å². The number of anilines is 2. The van der Waals surface area contributed by atoms with Crippen LogP contribution in [-0.4, -0.2) is 31.9 Å². The number of carboxylic acids is 1. The summed E-state index contributed by atoms with van der Waals surface area (Å²) in [6, 6.07) is 10.5. The molecule has 1 aliphatic heterocycles. The van der Waals surface area contributed by atoms with Crippen LogP contribution in [-0.2, 0) is 14.8 Å². The lowest BCUT2D eigenvalue weighted by Crippen LogP contribution is -2.23. The van der Waals surface area contributed by atoms with Crippen molar-refractivity contribution in [2.24, 2.45) is 0 Å². The summed E-state index contributed by atoms with van der Waals surface area (Å²) in [5.74, 6) is -1.13. The monoisotopic (exact) mass is 374 g/mol. The average molecular weight is 374 g/mol. The van der Waals surface area contributed by atoms with Crippen molar-refractivity contribution >= 4 is 33.3 Å². The van der Waals surface area contributed by atoms with Crippen LogP contribution in [0, 0.1) is 6.92 Å². The second-order valence-corrected chi connectivity index (χ2v) is 7.77. The van der Waals surface area contributed by atoms with Crippen LogP contribution in [0.3, 0.4) is 0 Å². The Labute approximate surface area is 151 Å². The van der Waals surface area contributed by atoms with Gasteiger partial charge in [0.25, 0.3) is 10.0 Å². The first kappa shape index (κ1) is 17.9. The molecule has 1 fully saturated rings. The van der Waals surface area contributed by atoms with Crippen molar-refractivity contribution < 1.29 is 23.1 Å². The third kappa shape index (κ3) is 3.55. The highest BCUT2D eigenvalue weighted by Crippen LogP contribution is 2.25.